The number of aromatic nitrogens is 4. The second-order valence-electron chi connectivity index (χ2n) is 7.84. The first-order chi connectivity index (χ1) is 14.5. The molecule has 4 rings (SSSR count). The van der Waals surface area contributed by atoms with Crippen molar-refractivity contribution in [2.24, 2.45) is 0 Å². The van der Waals surface area contributed by atoms with Gasteiger partial charge in [0.25, 0.3) is 0 Å². The lowest BCUT2D eigenvalue weighted by Gasteiger charge is -2.25. The van der Waals surface area contributed by atoms with E-state index >= 15 is 0 Å². The number of aryl methyl sites for hydroxylation is 1. The van der Waals surface area contributed by atoms with Crippen LogP contribution in [0.4, 0.5) is 0 Å². The smallest absolute Gasteiger partial charge is 0.200 e. The van der Waals surface area contributed by atoms with E-state index in [4.69, 9.17) is 4.42 Å². The standard InChI is InChI=1S/C22H26N4O3S/c1-13-19(15(3)27)14(2)23-20(13)17(28)12-30-22-25-24-21(18-10-7-11-29-18)26(22)16-8-5-4-6-9-16/h7,10-11,16,23H,4-6,8-9,12H2,1-3H3. The van der Waals surface area contributed by atoms with Gasteiger partial charge in [-0.05, 0) is 51.3 Å². The van der Waals surface area contributed by atoms with Crippen LogP contribution in [0.3, 0.4) is 0 Å². The van der Waals surface area contributed by atoms with Crippen molar-refractivity contribution in [1.29, 1.82) is 0 Å². The van der Waals surface area contributed by atoms with Crippen LogP contribution in [0.5, 0.6) is 0 Å². The number of hydrogen-bond donors (Lipinski definition) is 1. The second-order valence-corrected chi connectivity index (χ2v) is 8.78. The Hall–Kier alpha value is -2.61. The van der Waals surface area contributed by atoms with Gasteiger partial charge >= 0.3 is 0 Å². The monoisotopic (exact) mass is 426 g/mol. The second kappa shape index (κ2) is 8.63. The van der Waals surface area contributed by atoms with Crippen LogP contribution in [-0.4, -0.2) is 37.1 Å². The minimum atomic E-state index is -0.0501. The first-order valence-corrected chi connectivity index (χ1v) is 11.3. The fourth-order valence-electron chi connectivity index (χ4n) is 4.38. The number of carbonyl (C=O) groups is 2. The average molecular weight is 427 g/mol. The number of furan rings is 1. The third-order valence-electron chi connectivity index (χ3n) is 5.75. The van der Waals surface area contributed by atoms with Gasteiger partial charge in [-0.2, -0.15) is 0 Å². The number of H-pyrrole nitrogens is 1. The van der Waals surface area contributed by atoms with E-state index in [1.54, 1.807) is 6.26 Å². The molecule has 8 heteroatoms. The van der Waals surface area contributed by atoms with Gasteiger partial charge in [0.15, 0.2) is 22.5 Å². The van der Waals surface area contributed by atoms with Crippen molar-refractivity contribution in [1.82, 2.24) is 19.7 Å². The molecule has 3 heterocycles. The average Bonchev–Trinajstić information content (AvgIpc) is 3.45. The zero-order valence-electron chi connectivity index (χ0n) is 17.5. The number of ketones is 2. The number of Topliss-reactive ketones (excluding diaryl/α,β-unsaturated/α-hetero) is 2. The molecule has 0 unspecified atom stereocenters. The molecule has 0 radical (unpaired) electrons. The predicted molar refractivity (Wildman–Crippen MR) is 115 cm³/mol. The van der Waals surface area contributed by atoms with Gasteiger partial charge in [0, 0.05) is 17.3 Å². The van der Waals surface area contributed by atoms with Crippen molar-refractivity contribution < 1.29 is 14.0 Å². The summed E-state index contributed by atoms with van der Waals surface area (Å²) in [5.74, 6) is 1.54. The van der Waals surface area contributed by atoms with Gasteiger partial charge in [-0.3, -0.25) is 14.2 Å². The summed E-state index contributed by atoms with van der Waals surface area (Å²) < 4.78 is 7.72. The highest BCUT2D eigenvalue weighted by atomic mass is 32.2. The van der Waals surface area contributed by atoms with E-state index in [1.807, 2.05) is 26.0 Å². The molecule has 0 atom stereocenters. The van der Waals surface area contributed by atoms with Crippen LogP contribution in [0.1, 0.15) is 77.2 Å². The molecule has 1 saturated carbocycles. The molecule has 3 aromatic heterocycles. The molecule has 0 saturated heterocycles. The lowest BCUT2D eigenvalue weighted by atomic mass is 9.95. The van der Waals surface area contributed by atoms with Gasteiger partial charge in [0.05, 0.1) is 17.7 Å². The van der Waals surface area contributed by atoms with E-state index < -0.39 is 0 Å². The molecule has 0 spiro atoms. The van der Waals surface area contributed by atoms with Gasteiger partial charge in [-0.25, -0.2) is 0 Å². The van der Waals surface area contributed by atoms with Crippen molar-refractivity contribution in [2.75, 3.05) is 5.75 Å². The fraction of sp³-hybridized carbons (Fsp3) is 0.455. The molecule has 3 aromatic rings. The highest BCUT2D eigenvalue weighted by molar-refractivity contribution is 7.99. The van der Waals surface area contributed by atoms with E-state index in [-0.39, 0.29) is 17.3 Å². The number of aromatic amines is 1. The van der Waals surface area contributed by atoms with Crippen LogP contribution in [-0.2, 0) is 0 Å². The highest BCUT2D eigenvalue weighted by Crippen LogP contribution is 2.36. The number of nitrogens with zero attached hydrogens (tertiary/aromatic N) is 3. The van der Waals surface area contributed by atoms with Crippen LogP contribution in [0.2, 0.25) is 0 Å². The Morgan fingerprint density at radius 1 is 1.23 bits per heavy atom. The third-order valence-corrected chi connectivity index (χ3v) is 6.69. The van der Waals surface area contributed by atoms with Gasteiger partial charge in [-0.15, -0.1) is 10.2 Å². The van der Waals surface area contributed by atoms with Crippen molar-refractivity contribution in [2.45, 2.75) is 64.1 Å². The maximum atomic E-state index is 12.9. The summed E-state index contributed by atoms with van der Waals surface area (Å²) in [5, 5.41) is 9.49. The van der Waals surface area contributed by atoms with E-state index in [0.717, 1.165) is 29.3 Å². The Kier molecular flexibility index (Phi) is 5.94. The molecular formula is C22H26N4O3S. The van der Waals surface area contributed by atoms with Gasteiger partial charge in [-0.1, -0.05) is 31.0 Å². The number of nitrogens with one attached hydrogen (secondary N) is 1. The van der Waals surface area contributed by atoms with Crippen molar-refractivity contribution >= 4 is 23.3 Å². The maximum Gasteiger partial charge on any atom is 0.200 e. The molecule has 0 amide bonds. The molecule has 0 aliphatic heterocycles. The molecule has 1 N–H and O–H groups in total. The molecule has 158 valence electrons. The predicted octanol–water partition coefficient (Wildman–Crippen LogP) is 5.17. The molecule has 30 heavy (non-hydrogen) atoms. The zero-order valence-corrected chi connectivity index (χ0v) is 18.3. The fourth-order valence-corrected chi connectivity index (χ4v) is 5.25. The summed E-state index contributed by atoms with van der Waals surface area (Å²) in [7, 11) is 0. The maximum absolute atomic E-state index is 12.9. The van der Waals surface area contributed by atoms with E-state index in [2.05, 4.69) is 19.7 Å². The Balaban J connectivity index is 1.58. The third kappa shape index (κ3) is 3.88. The number of carbonyl (C=O) groups excluding carboxylic acids is 2. The van der Waals surface area contributed by atoms with E-state index in [1.165, 1.54) is 37.9 Å². The van der Waals surface area contributed by atoms with Crippen molar-refractivity contribution in [3.63, 3.8) is 0 Å². The Bertz CT molecular complexity index is 1060. The van der Waals surface area contributed by atoms with Crippen molar-refractivity contribution in [3.8, 4) is 11.6 Å². The molecule has 1 fully saturated rings. The molecule has 0 bridgehead atoms. The Labute approximate surface area is 179 Å². The normalized spacial score (nSPS) is 14.9. The zero-order chi connectivity index (χ0) is 21.3. The van der Waals surface area contributed by atoms with Crippen LogP contribution in [0, 0.1) is 13.8 Å². The SMILES string of the molecule is CC(=O)c1c(C)[nH]c(C(=O)CSc2nnc(-c3ccco3)n2C2CCCCC2)c1C. The van der Waals surface area contributed by atoms with Crippen molar-refractivity contribution in [3.05, 3.63) is 40.9 Å². The van der Waals surface area contributed by atoms with Crippen LogP contribution in [0.15, 0.2) is 28.0 Å². The molecule has 0 aromatic carbocycles. The quantitative estimate of drug-likeness (QED) is 0.414. The molecule has 1 aliphatic rings. The van der Waals surface area contributed by atoms with Crippen LogP contribution >= 0.6 is 11.8 Å². The molecule has 7 nitrogen and oxygen atoms in total. The summed E-state index contributed by atoms with van der Waals surface area (Å²) in [5.41, 5.74) is 2.56. The minimum absolute atomic E-state index is 0.0342. The largest absolute Gasteiger partial charge is 0.461 e. The lowest BCUT2D eigenvalue weighted by molar-refractivity contribution is 0.101. The van der Waals surface area contributed by atoms with E-state index in [9.17, 15) is 9.59 Å². The number of rotatable bonds is 7. The first-order valence-electron chi connectivity index (χ1n) is 10.3. The summed E-state index contributed by atoms with van der Waals surface area (Å²) in [6.07, 6.45) is 7.39. The number of hydrogen-bond acceptors (Lipinski definition) is 6. The Morgan fingerprint density at radius 3 is 2.63 bits per heavy atom. The summed E-state index contributed by atoms with van der Waals surface area (Å²) in [4.78, 5) is 27.9. The first kappa shape index (κ1) is 20.7. The summed E-state index contributed by atoms with van der Waals surface area (Å²) in [6, 6.07) is 4.04. The van der Waals surface area contributed by atoms with Gasteiger partial charge in [0.2, 0.25) is 5.82 Å². The highest BCUT2D eigenvalue weighted by Gasteiger charge is 2.26. The van der Waals surface area contributed by atoms with E-state index in [0.29, 0.717) is 28.9 Å². The van der Waals surface area contributed by atoms with Gasteiger partial charge < -0.3 is 9.40 Å². The van der Waals surface area contributed by atoms with Crippen LogP contribution < -0.4 is 0 Å². The molecular weight excluding hydrogens is 400 g/mol. The molecule has 1 aliphatic carbocycles. The van der Waals surface area contributed by atoms with Gasteiger partial charge in [0.1, 0.15) is 0 Å². The topological polar surface area (TPSA) is 93.8 Å². The summed E-state index contributed by atoms with van der Waals surface area (Å²) in [6.45, 7) is 5.16. The lowest BCUT2D eigenvalue weighted by Crippen LogP contribution is -2.15. The number of thioether (sulfide) groups is 1. The Morgan fingerprint density at radius 2 is 2.00 bits per heavy atom. The minimum Gasteiger partial charge on any atom is -0.461 e. The summed E-state index contributed by atoms with van der Waals surface area (Å²) >= 11 is 1.39. The van der Waals surface area contributed by atoms with Crippen LogP contribution in [0.25, 0.3) is 11.6 Å².